The maximum Gasteiger partial charge on any atom is 0.113 e. The highest BCUT2D eigenvalue weighted by molar-refractivity contribution is 9.10. The van der Waals surface area contributed by atoms with E-state index in [1.165, 1.54) is 0 Å². The molecular weight excluding hydrogens is 268 g/mol. The van der Waals surface area contributed by atoms with Crippen molar-refractivity contribution >= 4 is 15.9 Å². The fourth-order valence-corrected chi connectivity index (χ4v) is 2.22. The second kappa shape index (κ2) is 5.46. The van der Waals surface area contributed by atoms with Crippen molar-refractivity contribution in [3.8, 4) is 0 Å². The Labute approximate surface area is 104 Å². The van der Waals surface area contributed by atoms with Crippen LogP contribution >= 0.6 is 15.9 Å². The molecule has 1 unspecified atom stereocenters. The second-order valence-electron chi connectivity index (χ2n) is 3.76. The van der Waals surface area contributed by atoms with E-state index in [4.69, 9.17) is 4.74 Å². The Balaban J connectivity index is 2.25. The van der Waals surface area contributed by atoms with Crippen LogP contribution in [0.25, 0.3) is 0 Å². The van der Waals surface area contributed by atoms with Crippen molar-refractivity contribution < 1.29 is 4.74 Å². The number of likely N-dealkylation sites (N-methyl/N-ethyl adjacent to an activating group) is 1. The van der Waals surface area contributed by atoms with Crippen molar-refractivity contribution in [2.24, 2.45) is 0 Å². The fourth-order valence-electron chi connectivity index (χ4n) is 1.84. The Bertz CT molecular complexity index is 392. The molecule has 1 N–H and O–H groups in total. The summed E-state index contributed by atoms with van der Waals surface area (Å²) in [5.41, 5.74) is 1.12. The van der Waals surface area contributed by atoms with E-state index in [2.05, 4.69) is 38.4 Å². The highest BCUT2D eigenvalue weighted by Crippen LogP contribution is 2.26. The Morgan fingerprint density at radius 3 is 3.00 bits per heavy atom. The lowest BCUT2D eigenvalue weighted by atomic mass is 10.1. The third kappa shape index (κ3) is 2.62. The molecule has 1 aliphatic heterocycles. The molecule has 1 aliphatic rings. The molecule has 16 heavy (non-hydrogen) atoms. The Morgan fingerprint density at radius 2 is 2.38 bits per heavy atom. The largest absolute Gasteiger partial charge is 0.496 e. The number of pyridine rings is 1. The van der Waals surface area contributed by atoms with Crippen LogP contribution in [-0.2, 0) is 4.74 Å². The minimum atomic E-state index is 0.102. The van der Waals surface area contributed by atoms with Crippen LogP contribution in [-0.4, -0.2) is 18.6 Å². The number of nitrogens with zero attached hydrogens (tertiary/aromatic N) is 1. The third-order valence-electron chi connectivity index (χ3n) is 2.60. The number of ether oxygens (including phenoxy) is 1. The molecule has 3 nitrogen and oxygen atoms in total. The summed E-state index contributed by atoms with van der Waals surface area (Å²) in [6.45, 7) is 0.811. The van der Waals surface area contributed by atoms with Gasteiger partial charge in [0.1, 0.15) is 5.76 Å². The number of hydrogen-bond acceptors (Lipinski definition) is 3. The van der Waals surface area contributed by atoms with Crippen LogP contribution in [0, 0.1) is 0 Å². The van der Waals surface area contributed by atoms with E-state index in [9.17, 15) is 0 Å². The summed E-state index contributed by atoms with van der Waals surface area (Å²) in [5.74, 6) is 1.01. The molecule has 86 valence electrons. The molecule has 2 heterocycles. The molecule has 0 aromatic carbocycles. The topological polar surface area (TPSA) is 34.1 Å². The summed E-state index contributed by atoms with van der Waals surface area (Å²) in [6, 6.07) is 2.16. The highest BCUT2D eigenvalue weighted by atomic mass is 79.9. The summed E-state index contributed by atoms with van der Waals surface area (Å²) in [5, 5.41) is 3.26. The van der Waals surface area contributed by atoms with Crippen LogP contribution in [0.3, 0.4) is 0 Å². The molecule has 2 rings (SSSR count). The highest BCUT2D eigenvalue weighted by Gasteiger charge is 2.18. The van der Waals surface area contributed by atoms with E-state index in [1.807, 2.05) is 13.2 Å². The van der Waals surface area contributed by atoms with Crippen molar-refractivity contribution in [1.29, 1.82) is 0 Å². The van der Waals surface area contributed by atoms with Crippen molar-refractivity contribution in [2.75, 3.05) is 13.7 Å². The molecule has 0 amide bonds. The van der Waals surface area contributed by atoms with Crippen molar-refractivity contribution in [1.82, 2.24) is 10.3 Å². The predicted octanol–water partition coefficient (Wildman–Crippen LogP) is 2.80. The number of hydrogen-bond donors (Lipinski definition) is 1. The number of halogens is 1. The third-order valence-corrected chi connectivity index (χ3v) is 3.03. The van der Waals surface area contributed by atoms with E-state index >= 15 is 0 Å². The Morgan fingerprint density at radius 1 is 1.50 bits per heavy atom. The van der Waals surface area contributed by atoms with Crippen LogP contribution in [0.5, 0.6) is 0 Å². The average Bonchev–Trinajstić information content (AvgIpc) is 2.31. The van der Waals surface area contributed by atoms with Crippen LogP contribution in [0.4, 0.5) is 0 Å². The molecule has 1 atom stereocenters. The summed E-state index contributed by atoms with van der Waals surface area (Å²) in [6.07, 6.45) is 8.01. The monoisotopic (exact) mass is 282 g/mol. The number of allylic oxidation sites excluding steroid dienone is 1. The van der Waals surface area contributed by atoms with Gasteiger partial charge in [-0.2, -0.15) is 0 Å². The number of rotatable bonds is 3. The quantitative estimate of drug-likeness (QED) is 0.926. The van der Waals surface area contributed by atoms with Crippen LogP contribution in [0.2, 0.25) is 0 Å². The van der Waals surface area contributed by atoms with E-state index in [-0.39, 0.29) is 6.04 Å². The van der Waals surface area contributed by atoms with Gasteiger partial charge in [-0.15, -0.1) is 0 Å². The Hall–Kier alpha value is -0.870. The molecule has 0 saturated heterocycles. The van der Waals surface area contributed by atoms with Gasteiger partial charge in [-0.05, 0) is 53.5 Å². The molecule has 1 aromatic rings. The van der Waals surface area contributed by atoms with Crippen LogP contribution < -0.4 is 5.32 Å². The minimum Gasteiger partial charge on any atom is -0.496 e. The lowest BCUT2D eigenvalue weighted by Crippen LogP contribution is -2.22. The molecule has 0 aliphatic carbocycles. The summed E-state index contributed by atoms with van der Waals surface area (Å²) in [4.78, 5) is 4.18. The zero-order chi connectivity index (χ0) is 11.4. The summed E-state index contributed by atoms with van der Waals surface area (Å²) in [7, 11) is 1.93. The molecule has 1 aromatic heterocycles. The smallest absolute Gasteiger partial charge is 0.113 e. The molecule has 0 saturated carbocycles. The maximum absolute atomic E-state index is 5.68. The van der Waals surface area contributed by atoms with Crippen LogP contribution in [0.15, 0.2) is 34.8 Å². The summed E-state index contributed by atoms with van der Waals surface area (Å²) < 4.78 is 6.67. The molecule has 0 fully saturated rings. The van der Waals surface area contributed by atoms with E-state index in [1.54, 1.807) is 6.20 Å². The SMILES string of the molecule is CNC(C1=CCCCO1)c1cncc(Br)c1. The van der Waals surface area contributed by atoms with Crippen molar-refractivity contribution in [3.63, 3.8) is 0 Å². The number of nitrogens with one attached hydrogen (secondary N) is 1. The average molecular weight is 283 g/mol. The van der Waals surface area contributed by atoms with E-state index in [0.717, 1.165) is 35.2 Å². The standard InChI is InChI=1S/C12H15BrN2O/c1-14-12(11-4-2-3-5-16-11)9-6-10(13)8-15-7-9/h4,6-8,12,14H,2-3,5H2,1H3. The van der Waals surface area contributed by atoms with Gasteiger partial charge in [-0.3, -0.25) is 4.98 Å². The number of aromatic nitrogens is 1. The van der Waals surface area contributed by atoms with Gasteiger partial charge in [-0.1, -0.05) is 0 Å². The molecule has 0 spiro atoms. The molecule has 0 bridgehead atoms. The van der Waals surface area contributed by atoms with Gasteiger partial charge in [0.05, 0.1) is 12.6 Å². The van der Waals surface area contributed by atoms with Gasteiger partial charge in [0.2, 0.25) is 0 Å². The molecule has 4 heteroatoms. The second-order valence-corrected chi connectivity index (χ2v) is 4.67. The first kappa shape index (κ1) is 11.6. The van der Waals surface area contributed by atoms with E-state index in [0.29, 0.717) is 0 Å². The molecular formula is C12H15BrN2O. The Kier molecular flexibility index (Phi) is 3.96. The van der Waals surface area contributed by atoms with Gasteiger partial charge >= 0.3 is 0 Å². The van der Waals surface area contributed by atoms with Gasteiger partial charge < -0.3 is 10.1 Å². The van der Waals surface area contributed by atoms with Crippen molar-refractivity contribution in [3.05, 3.63) is 40.3 Å². The van der Waals surface area contributed by atoms with Gasteiger partial charge in [0.15, 0.2) is 0 Å². The lowest BCUT2D eigenvalue weighted by molar-refractivity contribution is 0.169. The normalized spacial score (nSPS) is 17.5. The zero-order valence-electron chi connectivity index (χ0n) is 9.24. The van der Waals surface area contributed by atoms with Crippen molar-refractivity contribution in [2.45, 2.75) is 18.9 Å². The van der Waals surface area contributed by atoms with Gasteiger partial charge in [-0.25, -0.2) is 0 Å². The summed E-state index contributed by atoms with van der Waals surface area (Å²) >= 11 is 3.43. The zero-order valence-corrected chi connectivity index (χ0v) is 10.8. The molecule has 0 radical (unpaired) electrons. The minimum absolute atomic E-state index is 0.102. The first-order valence-corrected chi connectivity index (χ1v) is 6.21. The maximum atomic E-state index is 5.68. The fraction of sp³-hybridized carbons (Fsp3) is 0.417. The van der Waals surface area contributed by atoms with Gasteiger partial charge in [0.25, 0.3) is 0 Å². The first-order valence-electron chi connectivity index (χ1n) is 5.42. The predicted molar refractivity (Wildman–Crippen MR) is 67.0 cm³/mol. The van der Waals surface area contributed by atoms with Gasteiger partial charge in [0, 0.05) is 16.9 Å². The lowest BCUT2D eigenvalue weighted by Gasteiger charge is -2.23. The van der Waals surface area contributed by atoms with Crippen LogP contribution in [0.1, 0.15) is 24.4 Å². The first-order chi connectivity index (χ1) is 7.81. The van der Waals surface area contributed by atoms with E-state index < -0.39 is 0 Å².